The third-order valence-electron chi connectivity index (χ3n) is 4.89. The van der Waals surface area contributed by atoms with E-state index >= 15 is 0 Å². The molecule has 0 atom stereocenters. The molecule has 1 N–H and O–H groups in total. The highest BCUT2D eigenvalue weighted by Crippen LogP contribution is 2.35. The largest absolute Gasteiger partial charge is 0.483 e. The number of halogens is 3. The minimum atomic E-state index is -0.466. The van der Waals surface area contributed by atoms with Crippen LogP contribution in [0.25, 0.3) is 6.08 Å². The molecule has 3 aromatic carbocycles. The van der Waals surface area contributed by atoms with Crippen molar-refractivity contribution in [1.29, 1.82) is 0 Å². The van der Waals surface area contributed by atoms with Gasteiger partial charge < -0.3 is 10.1 Å². The third kappa shape index (κ3) is 6.30. The SMILES string of the molecule is O=C(COc1ccc(Br)cc1/C=C1\SC(=O)N(Cc2ccc(F)cc2)C1=O)Nc1ccccc1Cl. The number of hydrogen-bond donors (Lipinski definition) is 1. The molecule has 1 aliphatic rings. The predicted octanol–water partition coefficient (Wildman–Crippen LogP) is 6.50. The third-order valence-corrected chi connectivity index (χ3v) is 6.62. The van der Waals surface area contributed by atoms with Crippen LogP contribution in [0.2, 0.25) is 5.02 Å². The van der Waals surface area contributed by atoms with E-state index < -0.39 is 22.9 Å². The van der Waals surface area contributed by atoms with Gasteiger partial charge in [-0.05, 0) is 65.9 Å². The lowest BCUT2D eigenvalue weighted by Crippen LogP contribution is -2.27. The van der Waals surface area contributed by atoms with Crippen molar-refractivity contribution >= 4 is 68.1 Å². The van der Waals surface area contributed by atoms with E-state index in [4.69, 9.17) is 16.3 Å². The summed E-state index contributed by atoms with van der Waals surface area (Å²) in [5, 5.41) is 2.65. The van der Waals surface area contributed by atoms with Gasteiger partial charge in [-0.25, -0.2) is 4.39 Å². The summed E-state index contributed by atoms with van der Waals surface area (Å²) in [6.45, 7) is -0.258. The molecule has 0 bridgehead atoms. The van der Waals surface area contributed by atoms with Crippen LogP contribution >= 0.6 is 39.3 Å². The zero-order valence-electron chi connectivity index (χ0n) is 18.0. The van der Waals surface area contributed by atoms with Gasteiger partial charge in [0.1, 0.15) is 11.6 Å². The highest BCUT2D eigenvalue weighted by Gasteiger charge is 2.35. The van der Waals surface area contributed by atoms with Crippen molar-refractivity contribution in [3.05, 3.63) is 98.1 Å². The molecule has 4 rings (SSSR count). The Balaban J connectivity index is 1.48. The van der Waals surface area contributed by atoms with Crippen molar-refractivity contribution in [1.82, 2.24) is 4.90 Å². The molecule has 0 saturated carbocycles. The number of anilines is 1. The van der Waals surface area contributed by atoms with Gasteiger partial charge in [-0.3, -0.25) is 19.3 Å². The average Bonchev–Trinajstić information content (AvgIpc) is 3.09. The van der Waals surface area contributed by atoms with Crippen molar-refractivity contribution in [2.75, 3.05) is 11.9 Å². The summed E-state index contributed by atoms with van der Waals surface area (Å²) in [5.74, 6) is -0.920. The lowest BCUT2D eigenvalue weighted by molar-refractivity contribution is -0.123. The Morgan fingerprint density at radius 3 is 2.60 bits per heavy atom. The second-order valence-corrected chi connectivity index (χ2v) is 9.71. The first-order valence-electron chi connectivity index (χ1n) is 10.3. The molecule has 0 aromatic heterocycles. The topological polar surface area (TPSA) is 75.7 Å². The van der Waals surface area contributed by atoms with Crippen LogP contribution in [0.5, 0.6) is 5.75 Å². The summed E-state index contributed by atoms with van der Waals surface area (Å²) >= 11 is 10.3. The molecule has 1 aliphatic heterocycles. The van der Waals surface area contributed by atoms with E-state index in [9.17, 15) is 18.8 Å². The van der Waals surface area contributed by atoms with E-state index in [1.807, 2.05) is 0 Å². The quantitative estimate of drug-likeness (QED) is 0.326. The van der Waals surface area contributed by atoms with Gasteiger partial charge in [0.05, 0.1) is 22.2 Å². The fraction of sp³-hybridized carbons (Fsp3) is 0.0800. The lowest BCUT2D eigenvalue weighted by atomic mass is 10.1. The Morgan fingerprint density at radius 1 is 1.11 bits per heavy atom. The molecule has 178 valence electrons. The molecular weight excluding hydrogens is 559 g/mol. The van der Waals surface area contributed by atoms with Crippen molar-refractivity contribution in [2.24, 2.45) is 0 Å². The van der Waals surface area contributed by atoms with Gasteiger partial charge in [-0.15, -0.1) is 0 Å². The van der Waals surface area contributed by atoms with Gasteiger partial charge >= 0.3 is 0 Å². The maximum atomic E-state index is 13.2. The van der Waals surface area contributed by atoms with E-state index in [1.165, 1.54) is 24.3 Å². The van der Waals surface area contributed by atoms with Gasteiger partial charge in [0.2, 0.25) is 0 Å². The number of amides is 3. The van der Waals surface area contributed by atoms with Crippen molar-refractivity contribution in [3.63, 3.8) is 0 Å². The van der Waals surface area contributed by atoms with Crippen LogP contribution < -0.4 is 10.1 Å². The van der Waals surface area contributed by atoms with Gasteiger partial charge in [-0.2, -0.15) is 0 Å². The van der Waals surface area contributed by atoms with Gasteiger partial charge in [0.15, 0.2) is 6.61 Å². The number of ether oxygens (including phenoxy) is 1. The monoisotopic (exact) mass is 574 g/mol. The number of carbonyl (C=O) groups is 3. The zero-order chi connectivity index (χ0) is 24.9. The number of para-hydroxylation sites is 1. The van der Waals surface area contributed by atoms with Crippen LogP contribution in [0, 0.1) is 5.82 Å². The smallest absolute Gasteiger partial charge is 0.293 e. The summed E-state index contributed by atoms with van der Waals surface area (Å²) < 4.78 is 19.6. The van der Waals surface area contributed by atoms with Crippen molar-refractivity contribution in [3.8, 4) is 5.75 Å². The van der Waals surface area contributed by atoms with Crippen molar-refractivity contribution in [2.45, 2.75) is 6.54 Å². The highest BCUT2D eigenvalue weighted by molar-refractivity contribution is 9.10. The van der Waals surface area contributed by atoms with Crippen LogP contribution in [0.15, 0.2) is 76.1 Å². The number of nitrogens with zero attached hydrogens (tertiary/aromatic N) is 1. The molecule has 0 unspecified atom stereocenters. The summed E-state index contributed by atoms with van der Waals surface area (Å²) in [6, 6.07) is 17.5. The van der Waals surface area contributed by atoms with Crippen LogP contribution in [-0.4, -0.2) is 28.6 Å². The number of carbonyl (C=O) groups excluding carboxylic acids is 3. The standard InChI is InChI=1S/C25H17BrClFN2O4S/c26-17-7-10-21(34-14-23(31)29-20-4-2-1-3-19(20)27)16(11-17)12-22-24(32)30(25(33)35-22)13-15-5-8-18(28)9-6-15/h1-12H,13-14H2,(H,29,31)/b22-12-. The minimum Gasteiger partial charge on any atom is -0.483 e. The fourth-order valence-electron chi connectivity index (χ4n) is 3.21. The minimum absolute atomic E-state index is 0.0341. The average molecular weight is 576 g/mol. The second-order valence-electron chi connectivity index (χ2n) is 7.39. The molecule has 6 nitrogen and oxygen atoms in total. The Labute approximate surface area is 218 Å². The Morgan fingerprint density at radius 2 is 1.86 bits per heavy atom. The Hall–Kier alpha value is -3.14. The van der Waals surface area contributed by atoms with Gasteiger partial charge in [-0.1, -0.05) is 51.8 Å². The molecule has 3 aromatic rings. The fourth-order valence-corrected chi connectivity index (χ4v) is 4.60. The molecule has 0 aliphatic carbocycles. The van der Waals surface area contributed by atoms with Crippen LogP contribution in [0.1, 0.15) is 11.1 Å². The molecule has 1 fully saturated rings. The number of thioether (sulfide) groups is 1. The van der Waals surface area contributed by atoms with E-state index in [0.717, 1.165) is 21.1 Å². The van der Waals surface area contributed by atoms with Crippen LogP contribution in [-0.2, 0) is 16.1 Å². The van der Waals surface area contributed by atoms with E-state index in [2.05, 4.69) is 21.2 Å². The Kier molecular flexibility index (Phi) is 7.90. The zero-order valence-corrected chi connectivity index (χ0v) is 21.1. The predicted molar refractivity (Wildman–Crippen MR) is 138 cm³/mol. The number of rotatable bonds is 7. The number of imide groups is 1. The van der Waals surface area contributed by atoms with E-state index in [-0.39, 0.29) is 18.1 Å². The first-order chi connectivity index (χ1) is 16.8. The summed E-state index contributed by atoms with van der Waals surface area (Å²) in [4.78, 5) is 39.0. The summed E-state index contributed by atoms with van der Waals surface area (Å²) in [7, 11) is 0. The normalized spacial score (nSPS) is 14.5. The number of benzene rings is 3. The van der Waals surface area contributed by atoms with Gasteiger partial charge in [0, 0.05) is 10.0 Å². The summed E-state index contributed by atoms with van der Waals surface area (Å²) in [6.07, 6.45) is 1.54. The first kappa shape index (κ1) is 25.0. The number of hydrogen-bond acceptors (Lipinski definition) is 5. The highest BCUT2D eigenvalue weighted by atomic mass is 79.9. The molecule has 35 heavy (non-hydrogen) atoms. The maximum absolute atomic E-state index is 13.2. The van der Waals surface area contributed by atoms with Crippen molar-refractivity contribution < 1.29 is 23.5 Å². The van der Waals surface area contributed by atoms with Gasteiger partial charge in [0.25, 0.3) is 17.1 Å². The molecule has 1 saturated heterocycles. The first-order valence-corrected chi connectivity index (χ1v) is 12.3. The lowest BCUT2D eigenvalue weighted by Gasteiger charge is -2.13. The second kappa shape index (κ2) is 11.1. The molecule has 0 radical (unpaired) electrons. The molecule has 0 spiro atoms. The molecular formula is C25H17BrClFN2O4S. The van der Waals surface area contributed by atoms with E-state index in [1.54, 1.807) is 48.5 Å². The van der Waals surface area contributed by atoms with E-state index in [0.29, 0.717) is 27.6 Å². The van der Waals surface area contributed by atoms with Crippen LogP contribution in [0.3, 0.4) is 0 Å². The maximum Gasteiger partial charge on any atom is 0.293 e. The summed E-state index contributed by atoms with van der Waals surface area (Å²) in [5.41, 5.74) is 1.61. The number of nitrogens with one attached hydrogen (secondary N) is 1. The molecule has 3 amide bonds. The van der Waals surface area contributed by atoms with Crippen LogP contribution in [0.4, 0.5) is 14.9 Å². The molecule has 1 heterocycles. The molecule has 10 heteroatoms. The Bertz CT molecular complexity index is 1330.